The van der Waals surface area contributed by atoms with Gasteiger partial charge in [0.2, 0.25) is 0 Å². The van der Waals surface area contributed by atoms with Crippen molar-refractivity contribution >= 4 is 28.3 Å². The molecule has 0 aliphatic carbocycles. The van der Waals surface area contributed by atoms with Crippen LogP contribution in [0.2, 0.25) is 0 Å². The van der Waals surface area contributed by atoms with E-state index in [1.54, 1.807) is 0 Å². The summed E-state index contributed by atoms with van der Waals surface area (Å²) in [6.07, 6.45) is 0. The summed E-state index contributed by atoms with van der Waals surface area (Å²) in [5.74, 6) is -23.9. The molecule has 0 aromatic heterocycles. The first-order valence-electron chi connectivity index (χ1n) is 5.39. The van der Waals surface area contributed by atoms with Crippen molar-refractivity contribution in [3.05, 3.63) is 58.2 Å². The zero-order chi connectivity index (χ0) is 17.6. The van der Waals surface area contributed by atoms with Crippen LogP contribution in [0.5, 0.6) is 0 Å². The van der Waals surface area contributed by atoms with Gasteiger partial charge in [-0.05, 0) is 0 Å². The summed E-state index contributed by atoms with van der Waals surface area (Å²) in [5, 5.41) is 0. The van der Waals surface area contributed by atoms with Gasteiger partial charge < -0.3 is 0 Å². The number of rotatable bonds is 2. The van der Waals surface area contributed by atoms with Gasteiger partial charge in [-0.25, -0.2) is 0 Å². The molecule has 0 nitrogen and oxygen atoms in total. The zero-order valence-corrected chi connectivity index (χ0v) is 13.1. The molecular formula is C12F10Sn+2. The molecule has 0 saturated carbocycles. The molecule has 0 bridgehead atoms. The van der Waals surface area contributed by atoms with E-state index in [4.69, 9.17) is 0 Å². The van der Waals surface area contributed by atoms with Crippen LogP contribution in [0.3, 0.4) is 0 Å². The van der Waals surface area contributed by atoms with Gasteiger partial charge in [0.05, 0.1) is 0 Å². The average Bonchev–Trinajstić information content (AvgIpc) is 2.54. The van der Waals surface area contributed by atoms with Crippen LogP contribution in [-0.4, -0.2) is 21.1 Å². The fraction of sp³-hybridized carbons (Fsp3) is 0. The Morgan fingerprint density at radius 3 is 0.696 bits per heavy atom. The van der Waals surface area contributed by atoms with E-state index in [0.717, 1.165) is 0 Å². The Morgan fingerprint density at radius 2 is 0.478 bits per heavy atom. The van der Waals surface area contributed by atoms with E-state index in [1.807, 2.05) is 0 Å². The van der Waals surface area contributed by atoms with E-state index in [0.29, 0.717) is 0 Å². The summed E-state index contributed by atoms with van der Waals surface area (Å²) in [4.78, 5) is 0. The first kappa shape index (κ1) is 17.9. The van der Waals surface area contributed by atoms with Crippen molar-refractivity contribution in [2.75, 3.05) is 0 Å². The van der Waals surface area contributed by atoms with Gasteiger partial charge in [-0.2, -0.15) is 0 Å². The van der Waals surface area contributed by atoms with Gasteiger partial charge in [-0.15, -0.1) is 0 Å². The minimum atomic E-state index is -3.60. The standard InChI is InChI=1S/2C6F5.Sn/c2*7-2-1-3(8)5(10)6(11)4(2)9;/q;;+2. The molecule has 11 heteroatoms. The van der Waals surface area contributed by atoms with Crippen LogP contribution >= 0.6 is 0 Å². The van der Waals surface area contributed by atoms with Crippen LogP contribution in [0.15, 0.2) is 0 Å². The molecule has 0 saturated heterocycles. The molecule has 120 valence electrons. The first-order chi connectivity index (χ1) is 10.6. The van der Waals surface area contributed by atoms with Gasteiger partial charge >= 0.3 is 130 Å². The molecule has 0 heterocycles. The molecular weight excluding hydrogens is 453 g/mol. The third kappa shape index (κ3) is 2.76. The van der Waals surface area contributed by atoms with Gasteiger partial charge in [0.1, 0.15) is 0 Å². The van der Waals surface area contributed by atoms with Crippen molar-refractivity contribution in [1.82, 2.24) is 0 Å². The monoisotopic (exact) mass is 454 g/mol. The fourth-order valence-corrected chi connectivity index (χ4v) is 4.77. The molecule has 2 aromatic carbocycles. The molecule has 0 unspecified atom stereocenters. The summed E-state index contributed by atoms with van der Waals surface area (Å²) in [7, 11) is 0. The summed E-state index contributed by atoms with van der Waals surface area (Å²) >= 11 is -3.60. The Bertz CT molecular complexity index is 691. The van der Waals surface area contributed by atoms with Crippen molar-refractivity contribution in [1.29, 1.82) is 0 Å². The Balaban J connectivity index is 2.71. The van der Waals surface area contributed by atoms with Crippen LogP contribution in [0.25, 0.3) is 0 Å². The van der Waals surface area contributed by atoms with E-state index < -0.39 is 86.5 Å². The van der Waals surface area contributed by atoms with E-state index in [-0.39, 0.29) is 0 Å². The average molecular weight is 453 g/mol. The van der Waals surface area contributed by atoms with Crippen molar-refractivity contribution in [2.24, 2.45) is 0 Å². The van der Waals surface area contributed by atoms with Gasteiger partial charge in [0, 0.05) is 0 Å². The SMILES string of the molecule is Fc1c(F)c(F)[c]([Sn+2][c]2c(F)c(F)c(F)c(F)c2F)c(F)c1F. The molecule has 0 spiro atoms. The fourth-order valence-electron chi connectivity index (χ4n) is 1.55. The second-order valence-electron chi connectivity index (χ2n) is 4.01. The Morgan fingerprint density at radius 1 is 0.304 bits per heavy atom. The molecule has 0 atom stereocenters. The maximum absolute atomic E-state index is 13.4. The number of benzene rings is 2. The van der Waals surface area contributed by atoms with Crippen LogP contribution < -0.4 is 7.16 Å². The molecule has 0 radical (unpaired) electrons. The quantitative estimate of drug-likeness (QED) is 0.284. The maximum atomic E-state index is 13.4. The van der Waals surface area contributed by atoms with Gasteiger partial charge in [0.15, 0.2) is 0 Å². The molecule has 2 rings (SSSR count). The topological polar surface area (TPSA) is 0 Å². The van der Waals surface area contributed by atoms with Crippen molar-refractivity contribution < 1.29 is 43.9 Å². The Hall–Kier alpha value is -1.46. The van der Waals surface area contributed by atoms with Crippen molar-refractivity contribution in [3.8, 4) is 0 Å². The summed E-state index contributed by atoms with van der Waals surface area (Å²) < 4.78 is 128. The molecule has 2 aromatic rings. The van der Waals surface area contributed by atoms with Gasteiger partial charge in [-0.3, -0.25) is 0 Å². The molecule has 0 N–H and O–H groups in total. The normalized spacial score (nSPS) is 10.9. The third-order valence-electron chi connectivity index (χ3n) is 2.67. The summed E-state index contributed by atoms with van der Waals surface area (Å²) in [5.41, 5.74) is 0. The summed E-state index contributed by atoms with van der Waals surface area (Å²) in [6, 6.07) is 0. The molecule has 0 amide bonds. The second kappa shape index (κ2) is 6.21. The predicted octanol–water partition coefficient (Wildman–Crippen LogP) is 2.73. The minimum absolute atomic E-state index is 1.56. The van der Waals surface area contributed by atoms with E-state index in [9.17, 15) is 43.9 Å². The van der Waals surface area contributed by atoms with Crippen molar-refractivity contribution in [2.45, 2.75) is 0 Å². The van der Waals surface area contributed by atoms with Gasteiger partial charge in [-0.1, -0.05) is 0 Å². The van der Waals surface area contributed by atoms with Crippen molar-refractivity contribution in [3.63, 3.8) is 0 Å². The van der Waals surface area contributed by atoms with Crippen LogP contribution in [0, 0.1) is 58.2 Å². The second-order valence-corrected chi connectivity index (χ2v) is 7.58. The Kier molecular flexibility index (Phi) is 4.83. The third-order valence-corrected chi connectivity index (χ3v) is 6.60. The zero-order valence-electron chi connectivity index (χ0n) is 10.3. The summed E-state index contributed by atoms with van der Waals surface area (Å²) in [6.45, 7) is 0. The predicted molar refractivity (Wildman–Crippen MR) is 57.5 cm³/mol. The number of hydrogen-bond acceptors (Lipinski definition) is 0. The van der Waals surface area contributed by atoms with E-state index in [1.165, 1.54) is 0 Å². The number of halogens is 10. The van der Waals surface area contributed by atoms with E-state index >= 15 is 0 Å². The van der Waals surface area contributed by atoms with Crippen LogP contribution in [-0.2, 0) is 0 Å². The van der Waals surface area contributed by atoms with Gasteiger partial charge in [0.25, 0.3) is 0 Å². The van der Waals surface area contributed by atoms with Crippen LogP contribution in [0.1, 0.15) is 0 Å². The Labute approximate surface area is 130 Å². The molecule has 0 aliphatic rings. The molecule has 0 fully saturated rings. The molecule has 23 heavy (non-hydrogen) atoms. The first-order valence-corrected chi connectivity index (χ1v) is 8.24. The molecule has 0 aliphatic heterocycles. The van der Waals surface area contributed by atoms with Crippen LogP contribution in [0.4, 0.5) is 43.9 Å². The number of hydrogen-bond donors (Lipinski definition) is 0. The van der Waals surface area contributed by atoms with E-state index in [2.05, 4.69) is 0 Å².